The Hall–Kier alpha value is -1.52. The molecule has 21 heavy (non-hydrogen) atoms. The summed E-state index contributed by atoms with van der Waals surface area (Å²) in [5.74, 6) is 0.0862. The monoisotopic (exact) mass is 318 g/mol. The summed E-state index contributed by atoms with van der Waals surface area (Å²) in [4.78, 5) is 19.6. The van der Waals surface area contributed by atoms with Gasteiger partial charge >= 0.3 is 0 Å². The predicted octanol–water partition coefficient (Wildman–Crippen LogP) is 4.12. The quantitative estimate of drug-likeness (QED) is 0.853. The van der Waals surface area contributed by atoms with Crippen molar-refractivity contribution in [1.82, 2.24) is 9.88 Å². The van der Waals surface area contributed by atoms with Crippen LogP contribution in [0.3, 0.4) is 0 Å². The van der Waals surface area contributed by atoms with E-state index in [1.807, 2.05) is 41.3 Å². The van der Waals surface area contributed by atoms with Crippen LogP contribution in [0.2, 0.25) is 5.02 Å². The summed E-state index contributed by atoms with van der Waals surface area (Å²) in [6.07, 6.45) is 3.87. The minimum Gasteiger partial charge on any atom is -0.339 e. The van der Waals surface area contributed by atoms with Crippen molar-refractivity contribution in [2.24, 2.45) is 0 Å². The maximum Gasteiger partial charge on any atom is 0.255 e. The molecule has 1 aromatic carbocycles. The first-order valence-electron chi connectivity index (χ1n) is 6.91. The maximum atomic E-state index is 12.2. The topological polar surface area (TPSA) is 33.2 Å². The average molecular weight is 319 g/mol. The molecule has 3 nitrogen and oxygen atoms in total. The molecule has 0 atom stereocenters. The van der Waals surface area contributed by atoms with Crippen molar-refractivity contribution in [2.45, 2.75) is 22.8 Å². The summed E-state index contributed by atoms with van der Waals surface area (Å²) >= 11 is 7.42. The zero-order valence-corrected chi connectivity index (χ0v) is 13.0. The number of nitrogens with zero attached hydrogens (tertiary/aromatic N) is 2. The van der Waals surface area contributed by atoms with Crippen molar-refractivity contribution in [1.29, 1.82) is 0 Å². The molecule has 0 bridgehead atoms. The van der Waals surface area contributed by atoms with Crippen molar-refractivity contribution in [3.63, 3.8) is 0 Å². The fourth-order valence-corrected chi connectivity index (χ4v) is 3.17. The summed E-state index contributed by atoms with van der Waals surface area (Å²) in [7, 11) is 0. The van der Waals surface area contributed by atoms with Gasteiger partial charge in [-0.05, 0) is 49.2 Å². The highest BCUT2D eigenvalue weighted by molar-refractivity contribution is 7.99. The third kappa shape index (κ3) is 3.57. The lowest BCUT2D eigenvalue weighted by atomic mass is 10.2. The van der Waals surface area contributed by atoms with Crippen molar-refractivity contribution in [3.05, 3.63) is 53.2 Å². The van der Waals surface area contributed by atoms with Gasteiger partial charge in [-0.15, -0.1) is 0 Å². The third-order valence-electron chi connectivity index (χ3n) is 3.41. The van der Waals surface area contributed by atoms with Gasteiger partial charge in [0.05, 0.1) is 5.56 Å². The number of rotatable bonds is 3. The Morgan fingerprint density at radius 3 is 2.43 bits per heavy atom. The number of pyridine rings is 1. The zero-order chi connectivity index (χ0) is 14.7. The number of halogens is 1. The lowest BCUT2D eigenvalue weighted by molar-refractivity contribution is 0.0792. The molecule has 3 rings (SSSR count). The second-order valence-electron chi connectivity index (χ2n) is 4.94. The van der Waals surface area contributed by atoms with Crippen molar-refractivity contribution >= 4 is 29.3 Å². The number of hydrogen-bond donors (Lipinski definition) is 0. The molecule has 2 heterocycles. The molecule has 5 heteroatoms. The van der Waals surface area contributed by atoms with E-state index in [1.54, 1.807) is 18.0 Å². The van der Waals surface area contributed by atoms with Gasteiger partial charge < -0.3 is 4.90 Å². The number of likely N-dealkylation sites (tertiary alicyclic amines) is 1. The predicted molar refractivity (Wildman–Crippen MR) is 84.9 cm³/mol. The minimum absolute atomic E-state index is 0.0862. The number of aromatic nitrogens is 1. The number of benzene rings is 1. The van der Waals surface area contributed by atoms with Gasteiger partial charge in [0.25, 0.3) is 5.91 Å². The highest BCUT2D eigenvalue weighted by atomic mass is 35.5. The van der Waals surface area contributed by atoms with Crippen LogP contribution in [0.5, 0.6) is 0 Å². The van der Waals surface area contributed by atoms with Gasteiger partial charge in [-0.2, -0.15) is 0 Å². The Morgan fingerprint density at radius 2 is 1.81 bits per heavy atom. The van der Waals surface area contributed by atoms with Crippen LogP contribution >= 0.6 is 23.4 Å². The first-order valence-corrected chi connectivity index (χ1v) is 8.10. The number of hydrogen-bond acceptors (Lipinski definition) is 3. The number of carbonyl (C=O) groups is 1. The largest absolute Gasteiger partial charge is 0.339 e. The van der Waals surface area contributed by atoms with Crippen LogP contribution in [0.15, 0.2) is 52.5 Å². The molecule has 1 aliphatic rings. The summed E-state index contributed by atoms with van der Waals surface area (Å²) in [5, 5.41) is 1.59. The van der Waals surface area contributed by atoms with Crippen LogP contribution in [0, 0.1) is 0 Å². The van der Waals surface area contributed by atoms with Gasteiger partial charge in [-0.3, -0.25) is 4.79 Å². The highest BCUT2D eigenvalue weighted by Gasteiger charge is 2.19. The van der Waals surface area contributed by atoms with E-state index in [0.29, 0.717) is 5.56 Å². The average Bonchev–Trinajstić information content (AvgIpc) is 3.04. The number of carbonyl (C=O) groups excluding carboxylic acids is 1. The highest BCUT2D eigenvalue weighted by Crippen LogP contribution is 2.27. The smallest absolute Gasteiger partial charge is 0.255 e. The van der Waals surface area contributed by atoms with E-state index in [9.17, 15) is 4.79 Å². The normalized spacial score (nSPS) is 14.4. The van der Waals surface area contributed by atoms with E-state index in [2.05, 4.69) is 4.98 Å². The fourth-order valence-electron chi connectivity index (χ4n) is 2.29. The molecule has 0 N–H and O–H groups in total. The lowest BCUT2D eigenvalue weighted by Gasteiger charge is -2.14. The van der Waals surface area contributed by atoms with E-state index in [-0.39, 0.29) is 5.91 Å². The van der Waals surface area contributed by atoms with Gasteiger partial charge in [0.2, 0.25) is 0 Å². The summed E-state index contributed by atoms with van der Waals surface area (Å²) < 4.78 is 0. The Bertz CT molecular complexity index is 622. The molecule has 0 saturated carbocycles. The fraction of sp³-hybridized carbons (Fsp3) is 0.250. The second-order valence-corrected chi connectivity index (χ2v) is 6.47. The molecular formula is C16H15ClN2OS. The molecule has 1 aromatic heterocycles. The van der Waals surface area contributed by atoms with Crippen LogP contribution in [0.25, 0.3) is 0 Å². The Morgan fingerprint density at radius 1 is 1.10 bits per heavy atom. The van der Waals surface area contributed by atoms with Crippen LogP contribution in [0.1, 0.15) is 23.2 Å². The summed E-state index contributed by atoms with van der Waals surface area (Å²) in [6, 6.07) is 11.4. The number of amides is 1. The molecule has 1 aliphatic heterocycles. The molecule has 0 aliphatic carbocycles. The third-order valence-corrected chi connectivity index (χ3v) is 4.62. The second kappa shape index (κ2) is 6.50. The van der Waals surface area contributed by atoms with E-state index in [0.717, 1.165) is 40.9 Å². The summed E-state index contributed by atoms with van der Waals surface area (Å²) in [5.41, 5.74) is 0.664. The molecule has 1 fully saturated rings. The summed E-state index contributed by atoms with van der Waals surface area (Å²) in [6.45, 7) is 1.72. The van der Waals surface area contributed by atoms with E-state index in [1.165, 1.54) is 0 Å². The molecule has 0 spiro atoms. The Kier molecular flexibility index (Phi) is 4.46. The van der Waals surface area contributed by atoms with Gasteiger partial charge in [-0.1, -0.05) is 23.4 Å². The van der Waals surface area contributed by atoms with E-state index in [4.69, 9.17) is 11.6 Å². The van der Waals surface area contributed by atoms with Crippen LogP contribution < -0.4 is 0 Å². The Balaban J connectivity index is 1.68. The SMILES string of the molecule is O=C(c1ccc(Sc2ccc(Cl)cc2)nc1)N1CCCC1. The first-order chi connectivity index (χ1) is 10.2. The van der Waals surface area contributed by atoms with Crippen molar-refractivity contribution in [2.75, 3.05) is 13.1 Å². The molecule has 0 radical (unpaired) electrons. The molecule has 0 unspecified atom stereocenters. The molecule has 1 saturated heterocycles. The first kappa shape index (κ1) is 14.4. The Labute approximate surface area is 133 Å². The molecule has 2 aromatic rings. The molecule has 1 amide bonds. The van der Waals surface area contributed by atoms with Gasteiger partial charge in [0.1, 0.15) is 5.03 Å². The van der Waals surface area contributed by atoms with E-state index >= 15 is 0 Å². The van der Waals surface area contributed by atoms with Crippen LogP contribution in [-0.2, 0) is 0 Å². The zero-order valence-electron chi connectivity index (χ0n) is 11.5. The van der Waals surface area contributed by atoms with Crippen molar-refractivity contribution < 1.29 is 4.79 Å². The van der Waals surface area contributed by atoms with E-state index < -0.39 is 0 Å². The van der Waals surface area contributed by atoms with Gasteiger partial charge in [-0.25, -0.2) is 4.98 Å². The molecule has 108 valence electrons. The lowest BCUT2D eigenvalue weighted by Crippen LogP contribution is -2.27. The maximum absolute atomic E-state index is 12.2. The van der Waals surface area contributed by atoms with Crippen molar-refractivity contribution in [3.8, 4) is 0 Å². The van der Waals surface area contributed by atoms with Gasteiger partial charge in [0, 0.05) is 29.2 Å². The minimum atomic E-state index is 0.0862. The van der Waals surface area contributed by atoms with Gasteiger partial charge in [0.15, 0.2) is 0 Å². The molecular weight excluding hydrogens is 304 g/mol. The standard InChI is InChI=1S/C16H15ClN2OS/c17-13-4-6-14(7-5-13)21-15-8-3-12(11-18-15)16(20)19-9-1-2-10-19/h3-8,11H,1-2,9-10H2. The van der Waals surface area contributed by atoms with Crippen LogP contribution in [-0.4, -0.2) is 28.9 Å². The van der Waals surface area contributed by atoms with Crippen LogP contribution in [0.4, 0.5) is 0 Å².